The van der Waals surface area contributed by atoms with Crippen LogP contribution >= 0.6 is 11.6 Å². The topological polar surface area (TPSA) is 76.3 Å². The summed E-state index contributed by atoms with van der Waals surface area (Å²) in [5.74, 6) is 0.656. The van der Waals surface area contributed by atoms with Crippen LogP contribution in [0.2, 0.25) is 5.02 Å². The smallest absolute Gasteiger partial charge is 0.243 e. The van der Waals surface area contributed by atoms with Gasteiger partial charge in [-0.15, -0.1) is 0 Å². The highest BCUT2D eigenvalue weighted by molar-refractivity contribution is 7.89. The minimum atomic E-state index is -3.67. The second kappa shape index (κ2) is 6.95. The van der Waals surface area contributed by atoms with E-state index in [0.29, 0.717) is 10.8 Å². The number of hydrogen-bond donors (Lipinski definition) is 0. The van der Waals surface area contributed by atoms with Gasteiger partial charge in [-0.2, -0.15) is 9.29 Å². The Bertz CT molecular complexity index is 984. The predicted molar refractivity (Wildman–Crippen MR) is 94.6 cm³/mol. The standard InChI is InChI=1S/C17H16ClN3O3S/c1-12-5-3-4-6-15(12)17-19-16(24-20-17)11-21(2)25(22,23)14-9-7-13(18)8-10-14/h3-10H,11H2,1-2H3. The second-order valence-corrected chi connectivity index (χ2v) is 8.02. The zero-order valence-electron chi connectivity index (χ0n) is 13.7. The first-order valence-corrected chi connectivity index (χ1v) is 9.30. The zero-order chi connectivity index (χ0) is 18.0. The molecule has 0 aliphatic rings. The van der Waals surface area contributed by atoms with Crippen LogP contribution in [-0.2, 0) is 16.6 Å². The molecule has 0 saturated carbocycles. The third-order valence-electron chi connectivity index (χ3n) is 3.73. The van der Waals surface area contributed by atoms with E-state index in [1.165, 1.54) is 31.3 Å². The number of nitrogens with zero attached hydrogens (tertiary/aromatic N) is 3. The highest BCUT2D eigenvalue weighted by Gasteiger charge is 2.23. The molecule has 0 atom stereocenters. The molecule has 0 radical (unpaired) electrons. The van der Waals surface area contributed by atoms with Gasteiger partial charge in [0.25, 0.3) is 0 Å². The molecule has 3 aromatic rings. The lowest BCUT2D eigenvalue weighted by Crippen LogP contribution is -2.26. The number of benzene rings is 2. The van der Waals surface area contributed by atoms with Crippen LogP contribution in [-0.4, -0.2) is 29.9 Å². The Morgan fingerprint density at radius 1 is 1.12 bits per heavy atom. The Hall–Kier alpha value is -2.22. The lowest BCUT2D eigenvalue weighted by Gasteiger charge is -2.14. The molecule has 0 saturated heterocycles. The zero-order valence-corrected chi connectivity index (χ0v) is 15.3. The van der Waals surface area contributed by atoms with Crippen molar-refractivity contribution in [2.24, 2.45) is 0 Å². The van der Waals surface area contributed by atoms with Crippen molar-refractivity contribution in [3.63, 3.8) is 0 Å². The summed E-state index contributed by atoms with van der Waals surface area (Å²) >= 11 is 5.80. The number of sulfonamides is 1. The average Bonchev–Trinajstić information content (AvgIpc) is 3.04. The molecule has 1 heterocycles. The SMILES string of the molecule is Cc1ccccc1-c1noc(CN(C)S(=O)(=O)c2ccc(Cl)cc2)n1. The molecule has 0 bridgehead atoms. The van der Waals surface area contributed by atoms with E-state index in [4.69, 9.17) is 16.1 Å². The van der Waals surface area contributed by atoms with Crippen molar-refractivity contribution < 1.29 is 12.9 Å². The molecule has 0 fully saturated rings. The van der Waals surface area contributed by atoms with E-state index in [2.05, 4.69) is 10.1 Å². The largest absolute Gasteiger partial charge is 0.338 e. The van der Waals surface area contributed by atoms with Crippen LogP contribution < -0.4 is 0 Å². The summed E-state index contributed by atoms with van der Waals surface area (Å²) < 4.78 is 31.5. The van der Waals surface area contributed by atoms with Crippen molar-refractivity contribution in [1.82, 2.24) is 14.4 Å². The average molecular weight is 378 g/mol. The Balaban J connectivity index is 1.81. The fourth-order valence-corrected chi connectivity index (χ4v) is 3.56. The van der Waals surface area contributed by atoms with Crippen molar-refractivity contribution in [3.05, 3.63) is 65.0 Å². The first kappa shape index (κ1) is 17.6. The van der Waals surface area contributed by atoms with Gasteiger partial charge in [-0.05, 0) is 36.8 Å². The van der Waals surface area contributed by atoms with Crippen LogP contribution in [0.5, 0.6) is 0 Å². The molecule has 0 amide bonds. The molecule has 0 aliphatic carbocycles. The molecule has 0 N–H and O–H groups in total. The molecule has 1 aromatic heterocycles. The second-order valence-electron chi connectivity index (χ2n) is 5.54. The molecule has 0 unspecified atom stereocenters. The molecular formula is C17H16ClN3O3S. The van der Waals surface area contributed by atoms with Crippen LogP contribution in [0.25, 0.3) is 11.4 Å². The molecule has 25 heavy (non-hydrogen) atoms. The van der Waals surface area contributed by atoms with Gasteiger partial charge >= 0.3 is 0 Å². The van der Waals surface area contributed by atoms with Gasteiger partial charge in [-0.25, -0.2) is 8.42 Å². The molecule has 130 valence electrons. The van der Waals surface area contributed by atoms with E-state index in [9.17, 15) is 8.42 Å². The van der Waals surface area contributed by atoms with Crippen molar-refractivity contribution in [2.75, 3.05) is 7.05 Å². The normalized spacial score (nSPS) is 11.8. The van der Waals surface area contributed by atoms with Crippen molar-refractivity contribution in [1.29, 1.82) is 0 Å². The number of aryl methyl sites for hydroxylation is 1. The molecule has 0 spiro atoms. The van der Waals surface area contributed by atoms with Crippen LogP contribution in [0, 0.1) is 6.92 Å². The number of rotatable bonds is 5. The monoisotopic (exact) mass is 377 g/mol. The van der Waals surface area contributed by atoms with E-state index in [1.807, 2.05) is 31.2 Å². The molecule has 0 aliphatic heterocycles. The van der Waals surface area contributed by atoms with E-state index >= 15 is 0 Å². The fourth-order valence-electron chi connectivity index (χ4n) is 2.31. The van der Waals surface area contributed by atoms with Gasteiger partial charge in [0.1, 0.15) is 0 Å². The highest BCUT2D eigenvalue weighted by atomic mass is 35.5. The van der Waals surface area contributed by atoms with Gasteiger partial charge in [0.2, 0.25) is 21.7 Å². The molecule has 2 aromatic carbocycles. The summed E-state index contributed by atoms with van der Waals surface area (Å²) in [7, 11) is -2.21. The number of aromatic nitrogens is 2. The maximum Gasteiger partial charge on any atom is 0.243 e. The van der Waals surface area contributed by atoms with Crippen LogP contribution in [0.3, 0.4) is 0 Å². The van der Waals surface area contributed by atoms with E-state index in [-0.39, 0.29) is 17.3 Å². The number of hydrogen-bond acceptors (Lipinski definition) is 5. The first-order chi connectivity index (χ1) is 11.9. The quantitative estimate of drug-likeness (QED) is 0.679. The van der Waals surface area contributed by atoms with Crippen molar-refractivity contribution in [2.45, 2.75) is 18.4 Å². The highest BCUT2D eigenvalue weighted by Crippen LogP contribution is 2.22. The molecule has 8 heteroatoms. The number of halogens is 1. The third kappa shape index (κ3) is 3.73. The summed E-state index contributed by atoms with van der Waals surface area (Å²) in [6, 6.07) is 13.6. The first-order valence-electron chi connectivity index (χ1n) is 7.48. The lowest BCUT2D eigenvalue weighted by molar-refractivity contribution is 0.337. The third-order valence-corrected chi connectivity index (χ3v) is 5.80. The van der Waals surface area contributed by atoms with E-state index < -0.39 is 10.0 Å². The van der Waals surface area contributed by atoms with Gasteiger partial charge in [-0.3, -0.25) is 0 Å². The maximum atomic E-state index is 12.6. The van der Waals surface area contributed by atoms with Crippen LogP contribution in [0.1, 0.15) is 11.5 Å². The molecular weight excluding hydrogens is 362 g/mol. The molecule has 3 rings (SSSR count). The minimum Gasteiger partial charge on any atom is -0.338 e. The Morgan fingerprint density at radius 3 is 2.48 bits per heavy atom. The summed E-state index contributed by atoms with van der Waals surface area (Å²) in [4.78, 5) is 4.45. The van der Waals surface area contributed by atoms with E-state index in [1.54, 1.807) is 0 Å². The Labute approximate surface area is 151 Å². The van der Waals surface area contributed by atoms with Crippen molar-refractivity contribution >= 4 is 21.6 Å². The summed E-state index contributed by atoms with van der Waals surface area (Å²) in [6.07, 6.45) is 0. The fraction of sp³-hybridized carbons (Fsp3) is 0.176. The van der Waals surface area contributed by atoms with Gasteiger partial charge in [0.15, 0.2) is 0 Å². The Morgan fingerprint density at radius 2 is 1.80 bits per heavy atom. The van der Waals surface area contributed by atoms with Gasteiger partial charge in [0.05, 0.1) is 11.4 Å². The van der Waals surface area contributed by atoms with Crippen LogP contribution in [0.4, 0.5) is 0 Å². The lowest BCUT2D eigenvalue weighted by atomic mass is 10.1. The minimum absolute atomic E-state index is 0.0240. The summed E-state index contributed by atoms with van der Waals surface area (Å²) in [6.45, 7) is 1.92. The van der Waals surface area contributed by atoms with Crippen LogP contribution in [0.15, 0.2) is 57.9 Å². The molecule has 6 nitrogen and oxygen atoms in total. The maximum absolute atomic E-state index is 12.6. The summed E-state index contributed by atoms with van der Waals surface area (Å²) in [5.41, 5.74) is 1.86. The van der Waals surface area contributed by atoms with Gasteiger partial charge < -0.3 is 4.52 Å². The van der Waals surface area contributed by atoms with Gasteiger partial charge in [-0.1, -0.05) is 41.0 Å². The van der Waals surface area contributed by atoms with E-state index in [0.717, 1.165) is 15.4 Å². The van der Waals surface area contributed by atoms with Crippen molar-refractivity contribution in [3.8, 4) is 11.4 Å². The summed E-state index contributed by atoms with van der Waals surface area (Å²) in [5, 5.41) is 4.42. The predicted octanol–water partition coefficient (Wildman–Crippen LogP) is 3.52. The Kier molecular flexibility index (Phi) is 4.89. The van der Waals surface area contributed by atoms with Gasteiger partial charge in [0, 0.05) is 17.6 Å².